The largest absolute Gasteiger partial charge is 0.425 e. The minimum absolute atomic E-state index is 0.409. The van der Waals surface area contributed by atoms with Crippen molar-refractivity contribution in [2.24, 2.45) is 0 Å². The maximum absolute atomic E-state index is 12.4. The van der Waals surface area contributed by atoms with Gasteiger partial charge >= 0.3 is 22.7 Å². The van der Waals surface area contributed by atoms with Gasteiger partial charge in [-0.05, 0) is 6.30 Å². The van der Waals surface area contributed by atoms with E-state index in [0.29, 0.717) is 4.49 Å². The smallest absolute Gasteiger partial charge is 0.338 e. The maximum Gasteiger partial charge on any atom is 0.425 e. The van der Waals surface area contributed by atoms with Gasteiger partial charge in [0, 0.05) is 0 Å². The topological polar surface area (TPSA) is 75.6 Å². The maximum atomic E-state index is 12.4. The van der Waals surface area contributed by atoms with Crippen LogP contribution in [0.2, 0.25) is 0 Å². The summed E-state index contributed by atoms with van der Waals surface area (Å²) < 4.78 is 108. The summed E-state index contributed by atoms with van der Waals surface area (Å²) in [6.07, 6.45) is -14.7. The highest BCUT2D eigenvalue weighted by atomic mass is 32.2. The van der Waals surface area contributed by atoms with Crippen LogP contribution in [0.25, 0.3) is 0 Å². The average molecular weight is 327 g/mol. The van der Waals surface area contributed by atoms with E-state index in [1.807, 2.05) is 0 Å². The Morgan fingerprint density at radius 1 is 1.17 bits per heavy atom. The molecule has 110 valence electrons. The van der Waals surface area contributed by atoms with Gasteiger partial charge in [-0.25, -0.2) is 4.18 Å². The molecule has 0 aliphatic carbocycles. The van der Waals surface area contributed by atoms with Crippen molar-refractivity contribution in [1.29, 1.82) is 0 Å². The molecule has 5 nitrogen and oxygen atoms in total. The summed E-state index contributed by atoms with van der Waals surface area (Å²) in [4.78, 5) is 8.27. The first-order valence-corrected chi connectivity index (χ1v) is 6.79. The number of halogens is 7. The molecule has 0 aliphatic heterocycles. The number of alkyl halides is 6. The number of nitrogens with one attached hydrogen (secondary N) is 1. The van der Waals surface area contributed by atoms with Crippen LogP contribution < -0.4 is 4.49 Å². The highest BCUT2D eigenvalue weighted by molar-refractivity contribution is 7.92. The van der Waals surface area contributed by atoms with Crippen LogP contribution in [0.5, 0.6) is 0 Å². The van der Waals surface area contributed by atoms with E-state index in [1.165, 1.54) is 0 Å². The van der Waals surface area contributed by atoms with E-state index in [2.05, 4.69) is 10.5 Å². The zero-order valence-corrected chi connectivity index (χ0v) is 9.67. The third kappa shape index (κ3) is 6.54. The fourth-order valence-corrected chi connectivity index (χ4v) is 2.63. The predicted molar refractivity (Wildman–Crippen MR) is 46.4 cm³/mol. The average Bonchev–Trinajstić information content (AvgIpc) is 1.90. The first kappa shape index (κ1) is 17.6. The quantitative estimate of drug-likeness (QED) is 0.606. The Bertz CT molecular complexity index is 421. The van der Waals surface area contributed by atoms with Crippen molar-refractivity contribution in [2.75, 3.05) is 0 Å². The molecule has 0 saturated carbocycles. The Morgan fingerprint density at radius 2 is 1.50 bits per heavy atom. The lowest BCUT2D eigenvalue weighted by atomic mass is 10.3. The van der Waals surface area contributed by atoms with Gasteiger partial charge in [-0.1, -0.05) is 0 Å². The van der Waals surface area contributed by atoms with E-state index in [-0.39, 0.29) is 0 Å². The summed E-state index contributed by atoms with van der Waals surface area (Å²) in [7, 11) is -11.0. The van der Waals surface area contributed by atoms with Gasteiger partial charge in [-0.15, -0.1) is 4.49 Å². The van der Waals surface area contributed by atoms with Crippen LogP contribution in [0.1, 0.15) is 0 Å². The summed E-state index contributed by atoms with van der Waals surface area (Å²) in [5.74, 6) is 0. The molecule has 14 heteroatoms. The van der Waals surface area contributed by atoms with Gasteiger partial charge in [0.15, 0.2) is 0 Å². The van der Waals surface area contributed by atoms with Crippen LogP contribution in [-0.2, 0) is 14.5 Å². The van der Waals surface area contributed by atoms with Crippen molar-refractivity contribution >= 4 is 24.2 Å². The molecule has 1 unspecified atom stereocenters. The van der Waals surface area contributed by atoms with Gasteiger partial charge in [0.25, 0.3) is 6.10 Å². The molecule has 0 radical (unpaired) electrons. The van der Waals surface area contributed by atoms with Crippen LogP contribution in [0, 0.1) is 0 Å². The lowest BCUT2D eigenvalue weighted by Gasteiger charge is -2.22. The number of rotatable bonds is 4. The second-order valence-electron chi connectivity index (χ2n) is 2.78. The lowest BCUT2D eigenvalue weighted by molar-refractivity contribution is -0.299. The van der Waals surface area contributed by atoms with Crippen molar-refractivity contribution in [3.63, 3.8) is 0 Å². The van der Waals surface area contributed by atoms with Gasteiger partial charge in [0.05, 0.1) is 0 Å². The summed E-state index contributed by atoms with van der Waals surface area (Å²) >= 11 is 0. The second-order valence-corrected chi connectivity index (χ2v) is 5.97. The summed E-state index contributed by atoms with van der Waals surface area (Å²) in [6, 6.07) is 0. The molecule has 0 spiro atoms. The van der Waals surface area contributed by atoms with Crippen molar-refractivity contribution in [1.82, 2.24) is 4.49 Å². The van der Waals surface area contributed by atoms with Gasteiger partial charge in [0.2, 0.25) is 7.57 Å². The number of hydrogen-bond acceptors (Lipinski definition) is 4. The fourth-order valence-electron chi connectivity index (χ4n) is 0.614. The minimum atomic E-state index is -6.10. The van der Waals surface area contributed by atoms with E-state index in [0.717, 1.165) is 0 Å². The molecule has 0 aromatic carbocycles. The van der Waals surface area contributed by atoms with Crippen molar-refractivity contribution in [2.45, 2.75) is 18.5 Å². The first-order chi connectivity index (χ1) is 7.55. The Kier molecular flexibility index (Phi) is 4.86. The highest BCUT2D eigenvalue weighted by Crippen LogP contribution is 2.40. The van der Waals surface area contributed by atoms with Gasteiger partial charge in [-0.2, -0.15) is 39.0 Å². The molecular weight excluding hydrogens is 322 g/mol. The highest BCUT2D eigenvalue weighted by Gasteiger charge is 2.60. The Morgan fingerprint density at radius 3 is 1.72 bits per heavy atom. The van der Waals surface area contributed by atoms with Crippen LogP contribution >= 0.6 is 7.57 Å². The normalized spacial score (nSPS) is 17.8. The lowest BCUT2D eigenvalue weighted by Crippen LogP contribution is -2.47. The van der Waals surface area contributed by atoms with Crippen LogP contribution in [-0.4, -0.2) is 38.1 Å². The van der Waals surface area contributed by atoms with E-state index >= 15 is 0 Å². The molecule has 0 amide bonds. The van der Waals surface area contributed by atoms with Crippen LogP contribution in [0.15, 0.2) is 0 Å². The van der Waals surface area contributed by atoms with Gasteiger partial charge < -0.3 is 4.89 Å². The Balaban J connectivity index is 5.21. The van der Waals surface area contributed by atoms with Gasteiger partial charge in [-0.3, -0.25) is 0 Å². The van der Waals surface area contributed by atoms with Crippen molar-refractivity contribution in [3.05, 3.63) is 0 Å². The summed E-state index contributed by atoms with van der Waals surface area (Å²) in [6.45, 7) is 0. The Hall–Kier alpha value is -0.360. The van der Waals surface area contributed by atoms with E-state index in [1.54, 1.807) is 0 Å². The molecule has 0 heterocycles. The number of hydrogen-bond donors (Lipinski definition) is 2. The monoisotopic (exact) mass is 327 g/mol. The van der Waals surface area contributed by atoms with E-state index in [4.69, 9.17) is 4.89 Å². The zero-order valence-electron chi connectivity index (χ0n) is 7.96. The standard InChI is InChI=1S/C4H5F7NO4PS/c1-17(11,13)12-18(14,15)16-2(3(5,6)7)4(8,9)10/h2,12-13H,1H2. The Labute approximate surface area is 96.0 Å². The summed E-state index contributed by atoms with van der Waals surface area (Å²) in [5, 5.41) is 0. The predicted octanol–water partition coefficient (Wildman–Crippen LogP) is 1.49. The zero-order chi connectivity index (χ0) is 15.0. The third-order valence-electron chi connectivity index (χ3n) is 1.07. The first-order valence-electron chi connectivity index (χ1n) is 3.56. The molecule has 0 aromatic heterocycles. The molecule has 0 aromatic rings. The molecule has 1 atom stereocenters. The van der Waals surface area contributed by atoms with Gasteiger partial charge in [0.1, 0.15) is 0 Å². The minimum Gasteiger partial charge on any atom is -0.338 e. The molecule has 0 bridgehead atoms. The van der Waals surface area contributed by atoms with E-state index < -0.39 is 36.3 Å². The molecule has 2 N–H and O–H groups in total. The molecule has 0 rings (SSSR count). The van der Waals surface area contributed by atoms with Crippen molar-refractivity contribution in [3.8, 4) is 0 Å². The van der Waals surface area contributed by atoms with Crippen LogP contribution in [0.3, 0.4) is 0 Å². The summed E-state index contributed by atoms with van der Waals surface area (Å²) in [5.41, 5.74) is 0. The van der Waals surface area contributed by atoms with Crippen molar-refractivity contribution < 1.29 is 48.0 Å². The molecular formula is C4H5F7NO4PS. The molecule has 18 heavy (non-hydrogen) atoms. The SMILES string of the molecule is C=P(O)(F)NS(=O)(=O)OC(C(F)(F)F)C(F)(F)F. The second kappa shape index (κ2) is 4.96. The van der Waals surface area contributed by atoms with E-state index in [9.17, 15) is 39.0 Å². The molecule has 0 saturated heterocycles. The molecule has 0 aliphatic rings. The fraction of sp³-hybridized carbons (Fsp3) is 0.750. The molecule has 0 fully saturated rings. The van der Waals surface area contributed by atoms with Crippen LogP contribution in [0.4, 0.5) is 30.5 Å². The third-order valence-corrected chi connectivity index (χ3v) is 3.53.